The molecule has 0 heterocycles. The van der Waals surface area contributed by atoms with E-state index in [1.807, 2.05) is 5.32 Å². The van der Waals surface area contributed by atoms with Gasteiger partial charge in [0.05, 0.1) is 25.2 Å². The summed E-state index contributed by atoms with van der Waals surface area (Å²) in [6.45, 7) is 0.0156. The SMILES string of the molecule is COC(=O)N[C@H](C(=O)C[C@@H](Cc1ccc(I)cc1)[C@@H](O)CNCc1c(F)cc(C(N)=CC=NCC(F)F)cc1F)C(C)(C)C(F)(F)F. The molecule has 8 nitrogen and oxygen atoms in total. The van der Waals surface area contributed by atoms with E-state index >= 15 is 0 Å². The van der Waals surface area contributed by atoms with E-state index in [-0.39, 0.29) is 24.2 Å². The number of carbonyl (C=O) groups is 2. The van der Waals surface area contributed by atoms with Crippen LogP contribution in [0.25, 0.3) is 5.70 Å². The van der Waals surface area contributed by atoms with Crippen LogP contribution in [0.15, 0.2) is 47.5 Å². The Morgan fingerprint density at radius 2 is 1.70 bits per heavy atom. The van der Waals surface area contributed by atoms with Crippen molar-refractivity contribution < 1.29 is 50.2 Å². The van der Waals surface area contributed by atoms with Crippen molar-refractivity contribution in [3.8, 4) is 0 Å². The lowest BCUT2D eigenvalue weighted by atomic mass is 9.77. The Kier molecular flexibility index (Phi) is 15.1. The average Bonchev–Trinajstić information content (AvgIpc) is 2.98. The third kappa shape index (κ3) is 12.1. The number of alkyl halides is 5. The first kappa shape index (κ1) is 39.9. The van der Waals surface area contributed by atoms with E-state index in [9.17, 15) is 45.4 Å². The summed E-state index contributed by atoms with van der Waals surface area (Å²) in [5.41, 5.74) is 3.11. The van der Waals surface area contributed by atoms with Crippen molar-refractivity contribution in [3.05, 3.63) is 74.4 Å². The Morgan fingerprint density at radius 1 is 1.11 bits per heavy atom. The number of aliphatic hydroxyl groups excluding tert-OH is 1. The van der Waals surface area contributed by atoms with Gasteiger partial charge in [0.1, 0.15) is 17.7 Å². The number of benzene rings is 2. The van der Waals surface area contributed by atoms with E-state index in [1.165, 1.54) is 0 Å². The Labute approximate surface area is 281 Å². The van der Waals surface area contributed by atoms with E-state index in [0.717, 1.165) is 49.0 Å². The van der Waals surface area contributed by atoms with Crippen LogP contribution in [0, 0.1) is 26.5 Å². The number of alkyl carbamates (subject to hydrolysis) is 1. The summed E-state index contributed by atoms with van der Waals surface area (Å²) < 4.78 is 101. The van der Waals surface area contributed by atoms with Gasteiger partial charge in [0.2, 0.25) is 0 Å². The number of methoxy groups -OCH3 is 1. The van der Waals surface area contributed by atoms with Crippen LogP contribution in [0.3, 0.4) is 0 Å². The van der Waals surface area contributed by atoms with Gasteiger partial charge in [0, 0.05) is 46.1 Å². The van der Waals surface area contributed by atoms with Gasteiger partial charge in [-0.15, -0.1) is 0 Å². The minimum atomic E-state index is -4.90. The number of aliphatic hydroxyl groups is 1. The van der Waals surface area contributed by atoms with Crippen molar-refractivity contribution in [1.29, 1.82) is 0 Å². The van der Waals surface area contributed by atoms with Gasteiger partial charge >= 0.3 is 12.3 Å². The van der Waals surface area contributed by atoms with Crippen molar-refractivity contribution in [3.63, 3.8) is 0 Å². The van der Waals surface area contributed by atoms with Crippen LogP contribution in [0.5, 0.6) is 0 Å². The van der Waals surface area contributed by atoms with E-state index in [1.54, 1.807) is 24.3 Å². The summed E-state index contributed by atoms with van der Waals surface area (Å²) in [6.07, 6.45) is -8.64. The maximum atomic E-state index is 14.8. The lowest BCUT2D eigenvalue weighted by Crippen LogP contribution is -2.56. The molecule has 2 rings (SSSR count). The molecule has 3 atom stereocenters. The lowest BCUT2D eigenvalue weighted by molar-refractivity contribution is -0.220. The normalized spacial score (nSPS) is 14.7. The second kappa shape index (κ2) is 17.8. The van der Waals surface area contributed by atoms with Crippen molar-refractivity contribution in [2.24, 2.45) is 22.1 Å². The zero-order valence-corrected chi connectivity index (χ0v) is 27.8. The number of ether oxygens (including phenoxy) is 1. The molecule has 260 valence electrons. The second-order valence-electron chi connectivity index (χ2n) is 11.2. The molecule has 0 unspecified atom stereocenters. The molecule has 0 fully saturated rings. The molecule has 1 amide bonds. The molecule has 47 heavy (non-hydrogen) atoms. The van der Waals surface area contributed by atoms with Crippen LogP contribution in [0.1, 0.15) is 37.0 Å². The molecule has 0 aliphatic rings. The number of ketones is 1. The molecule has 5 N–H and O–H groups in total. The lowest BCUT2D eigenvalue weighted by Gasteiger charge is -2.36. The van der Waals surface area contributed by atoms with Gasteiger partial charge in [-0.05, 0) is 84.7 Å². The fourth-order valence-electron chi connectivity index (χ4n) is 4.47. The van der Waals surface area contributed by atoms with Gasteiger partial charge < -0.3 is 26.2 Å². The number of hydrogen-bond acceptors (Lipinski definition) is 7. The van der Waals surface area contributed by atoms with Gasteiger partial charge in [-0.25, -0.2) is 22.4 Å². The van der Waals surface area contributed by atoms with Crippen molar-refractivity contribution in [2.45, 2.75) is 58.0 Å². The van der Waals surface area contributed by atoms with Crippen LogP contribution < -0.4 is 16.4 Å². The number of hydrogen-bond donors (Lipinski definition) is 4. The summed E-state index contributed by atoms with van der Waals surface area (Å²) in [4.78, 5) is 28.7. The van der Waals surface area contributed by atoms with Crippen LogP contribution >= 0.6 is 22.6 Å². The average molecular weight is 789 g/mol. The second-order valence-corrected chi connectivity index (χ2v) is 12.4. The highest BCUT2D eigenvalue weighted by atomic mass is 127. The first-order chi connectivity index (χ1) is 21.9. The molecule has 0 aliphatic carbocycles. The fraction of sp³-hybridized carbons (Fsp3) is 0.452. The highest BCUT2D eigenvalue weighted by Crippen LogP contribution is 2.41. The maximum absolute atomic E-state index is 14.8. The maximum Gasteiger partial charge on any atom is 0.407 e. The third-order valence-corrected chi connectivity index (χ3v) is 8.09. The van der Waals surface area contributed by atoms with Gasteiger partial charge in [-0.1, -0.05) is 12.1 Å². The van der Waals surface area contributed by atoms with E-state index in [2.05, 4.69) is 37.6 Å². The van der Waals surface area contributed by atoms with Crippen LogP contribution in [-0.2, 0) is 22.5 Å². The molecule has 0 spiro atoms. The van der Waals surface area contributed by atoms with Crippen LogP contribution in [0.4, 0.5) is 35.5 Å². The van der Waals surface area contributed by atoms with Gasteiger partial charge in [0.15, 0.2) is 5.78 Å². The van der Waals surface area contributed by atoms with E-state index < -0.39 is 84.7 Å². The highest BCUT2D eigenvalue weighted by Gasteiger charge is 2.55. The molecule has 0 aliphatic heterocycles. The summed E-state index contributed by atoms with van der Waals surface area (Å²) in [6, 6.07) is 6.79. The monoisotopic (exact) mass is 788 g/mol. The zero-order valence-electron chi connectivity index (χ0n) is 25.7. The minimum Gasteiger partial charge on any atom is -0.453 e. The number of nitrogens with zero attached hydrogens (tertiary/aromatic N) is 1. The number of rotatable bonds is 16. The molecule has 0 saturated heterocycles. The Morgan fingerprint density at radius 3 is 2.23 bits per heavy atom. The quantitative estimate of drug-likeness (QED) is 0.0971. The fourth-order valence-corrected chi connectivity index (χ4v) is 4.83. The smallest absolute Gasteiger partial charge is 0.407 e. The summed E-state index contributed by atoms with van der Waals surface area (Å²) in [5.74, 6) is -3.99. The number of Topliss-reactive ketones (excluding diaryl/α,β-unsaturated/α-hetero) is 1. The molecule has 16 heteroatoms. The number of nitrogens with one attached hydrogen (secondary N) is 2. The van der Waals surface area contributed by atoms with Crippen LogP contribution in [0.2, 0.25) is 0 Å². The Balaban J connectivity index is 2.25. The molecular formula is C31H36F7IN4O4. The van der Waals surface area contributed by atoms with E-state index in [0.29, 0.717) is 5.56 Å². The number of amides is 1. The Bertz CT molecular complexity index is 1400. The molecule has 2 aromatic carbocycles. The molecular weight excluding hydrogens is 752 g/mol. The summed E-state index contributed by atoms with van der Waals surface area (Å²) in [5, 5.41) is 15.8. The van der Waals surface area contributed by atoms with E-state index in [4.69, 9.17) is 5.73 Å². The summed E-state index contributed by atoms with van der Waals surface area (Å²) in [7, 11) is 0.937. The summed E-state index contributed by atoms with van der Waals surface area (Å²) >= 11 is 2.07. The minimum absolute atomic E-state index is 0.0482. The molecule has 0 saturated carbocycles. The number of carbonyl (C=O) groups excluding carboxylic acids is 2. The predicted molar refractivity (Wildman–Crippen MR) is 171 cm³/mol. The number of allylic oxidation sites excluding steroid dienone is 1. The topological polar surface area (TPSA) is 126 Å². The van der Waals surface area contributed by atoms with Crippen molar-refractivity contribution in [1.82, 2.24) is 10.6 Å². The van der Waals surface area contributed by atoms with Gasteiger partial charge in [-0.2, -0.15) is 13.2 Å². The standard InChI is InChI=1S/C31H36F7IN4O4/c1-30(2,31(36,37)38)28(43-29(46)47-3)25(44)13-19(10-17-4-6-20(39)7-5-17)26(45)15-42-14-21-22(32)11-18(12-23(21)33)24(40)8-9-41-16-27(34)35/h4-9,11-12,19,26-28,42,45H,10,13-16,40H2,1-3H3,(H,43,46)/t19-,26+,28-/m1/s1. The van der Waals surface area contributed by atoms with Crippen LogP contribution in [-0.4, -0.2) is 68.1 Å². The Hall–Kier alpha value is -3.25. The van der Waals surface area contributed by atoms with Gasteiger partial charge in [-0.3, -0.25) is 9.79 Å². The largest absolute Gasteiger partial charge is 0.453 e. The molecule has 0 radical (unpaired) electrons. The number of aliphatic imine (C=N–C) groups is 1. The number of nitrogens with two attached hydrogens (primary N) is 1. The number of halogens is 8. The first-order valence-corrected chi connectivity index (χ1v) is 15.2. The zero-order chi connectivity index (χ0) is 35.5. The molecule has 2 aromatic rings. The predicted octanol–water partition coefficient (Wildman–Crippen LogP) is 5.79. The highest BCUT2D eigenvalue weighted by molar-refractivity contribution is 14.1. The van der Waals surface area contributed by atoms with Gasteiger partial charge in [0.25, 0.3) is 6.43 Å². The van der Waals surface area contributed by atoms with Crippen molar-refractivity contribution in [2.75, 3.05) is 20.2 Å². The van der Waals surface area contributed by atoms with Crippen molar-refractivity contribution >= 4 is 46.4 Å². The molecule has 0 bridgehead atoms. The molecule has 0 aromatic heterocycles. The third-order valence-electron chi connectivity index (χ3n) is 7.37. The first-order valence-electron chi connectivity index (χ1n) is 14.2.